The van der Waals surface area contributed by atoms with Crippen molar-refractivity contribution in [3.63, 3.8) is 0 Å². The van der Waals surface area contributed by atoms with Crippen LogP contribution in [0.15, 0.2) is 47.1 Å². The highest BCUT2D eigenvalue weighted by atomic mass is 79.9. The van der Waals surface area contributed by atoms with E-state index in [-0.39, 0.29) is 18.0 Å². The van der Waals surface area contributed by atoms with Gasteiger partial charge in [0.2, 0.25) is 17.6 Å². The Morgan fingerprint density at radius 1 is 1.24 bits per heavy atom. The molecule has 0 aliphatic carbocycles. The minimum atomic E-state index is -0.707. The van der Waals surface area contributed by atoms with Crippen molar-refractivity contribution in [2.45, 2.75) is 13.0 Å². The summed E-state index contributed by atoms with van der Waals surface area (Å²) in [5.41, 5.74) is 6.31. The molecular formula is C17H17BrN4O3. The molecule has 2 aromatic rings. The van der Waals surface area contributed by atoms with Gasteiger partial charge in [-0.2, -0.15) is 0 Å². The highest BCUT2D eigenvalue weighted by Crippen LogP contribution is 2.23. The molecule has 0 fully saturated rings. The molecule has 130 valence electrons. The highest BCUT2D eigenvalue weighted by Gasteiger charge is 2.17. The zero-order valence-corrected chi connectivity index (χ0v) is 15.0. The van der Waals surface area contributed by atoms with Gasteiger partial charge in [-0.15, -0.1) is 0 Å². The number of anilines is 1. The van der Waals surface area contributed by atoms with Crippen molar-refractivity contribution in [1.82, 2.24) is 10.3 Å². The Balaban J connectivity index is 2.17. The van der Waals surface area contributed by atoms with Gasteiger partial charge in [0.15, 0.2) is 0 Å². The molecule has 7 nitrogen and oxygen atoms in total. The number of aromatic nitrogens is 1. The van der Waals surface area contributed by atoms with Crippen molar-refractivity contribution in [3.8, 4) is 0 Å². The predicted molar refractivity (Wildman–Crippen MR) is 97.1 cm³/mol. The van der Waals surface area contributed by atoms with Crippen LogP contribution in [-0.2, 0) is 9.59 Å². The highest BCUT2D eigenvalue weighted by molar-refractivity contribution is 9.10. The normalized spacial score (nSPS) is 11.5. The second-order valence-electron chi connectivity index (χ2n) is 5.29. The molecule has 25 heavy (non-hydrogen) atoms. The molecule has 0 saturated carbocycles. The number of carbonyl (C=O) groups excluding carboxylic acids is 3. The molecule has 2 rings (SSSR count). The summed E-state index contributed by atoms with van der Waals surface area (Å²) in [6.07, 6.45) is 1.52. The van der Waals surface area contributed by atoms with Gasteiger partial charge in [0.05, 0.1) is 18.3 Å². The molecule has 0 unspecified atom stereocenters. The fourth-order valence-corrected chi connectivity index (χ4v) is 2.33. The number of nitrogens with two attached hydrogens (primary N) is 1. The van der Waals surface area contributed by atoms with Crippen LogP contribution in [0.5, 0.6) is 0 Å². The SMILES string of the molecule is C[C@H](N)C(=O)NCC(=O)Nc1ccc(Br)cc1C(=O)c1ccccn1. The van der Waals surface area contributed by atoms with Gasteiger partial charge in [-0.1, -0.05) is 22.0 Å². The second kappa shape index (κ2) is 8.50. The minimum absolute atomic E-state index is 0.242. The first-order valence-electron chi connectivity index (χ1n) is 7.47. The molecular weight excluding hydrogens is 388 g/mol. The lowest BCUT2D eigenvalue weighted by molar-refractivity contribution is -0.124. The molecule has 1 aromatic heterocycles. The summed E-state index contributed by atoms with van der Waals surface area (Å²) in [4.78, 5) is 40.1. The van der Waals surface area contributed by atoms with Gasteiger partial charge >= 0.3 is 0 Å². The van der Waals surface area contributed by atoms with Gasteiger partial charge in [0, 0.05) is 16.2 Å². The number of ketones is 1. The predicted octanol–water partition coefficient (Wildman–Crippen LogP) is 1.48. The Morgan fingerprint density at radius 3 is 2.64 bits per heavy atom. The lowest BCUT2D eigenvalue weighted by Gasteiger charge is -2.12. The van der Waals surface area contributed by atoms with Crippen molar-refractivity contribution in [2.24, 2.45) is 5.73 Å². The molecule has 0 radical (unpaired) electrons. The molecule has 2 amide bonds. The first kappa shape index (κ1) is 18.8. The fourth-order valence-electron chi connectivity index (χ4n) is 1.97. The van der Waals surface area contributed by atoms with E-state index in [1.54, 1.807) is 36.4 Å². The van der Waals surface area contributed by atoms with Crippen LogP contribution in [0.3, 0.4) is 0 Å². The van der Waals surface area contributed by atoms with Gasteiger partial charge in [-0.25, -0.2) is 0 Å². The summed E-state index contributed by atoms with van der Waals surface area (Å²) in [5.74, 6) is -1.22. The molecule has 1 atom stereocenters. The monoisotopic (exact) mass is 404 g/mol. The molecule has 8 heteroatoms. The molecule has 0 saturated heterocycles. The Hall–Kier alpha value is -2.58. The van der Waals surface area contributed by atoms with Gasteiger partial charge in [0.1, 0.15) is 5.69 Å². The average molecular weight is 405 g/mol. The third-order valence-corrected chi connectivity index (χ3v) is 3.73. The number of halogens is 1. The molecule has 1 aromatic carbocycles. The molecule has 1 heterocycles. The summed E-state index contributed by atoms with van der Waals surface area (Å²) in [5, 5.41) is 5.03. The summed E-state index contributed by atoms with van der Waals surface area (Å²) < 4.78 is 0.690. The number of benzene rings is 1. The molecule has 0 aliphatic heterocycles. The second-order valence-corrected chi connectivity index (χ2v) is 6.20. The zero-order valence-electron chi connectivity index (χ0n) is 13.5. The standard InChI is InChI=1S/C17H17BrN4O3/c1-10(19)17(25)21-9-15(23)22-13-6-5-11(18)8-12(13)16(24)14-4-2-3-7-20-14/h2-8,10H,9,19H2,1H3,(H,21,25)(H,22,23)/t10-/m0/s1. The number of carbonyl (C=O) groups is 3. The van der Waals surface area contributed by atoms with Crippen molar-refractivity contribution >= 4 is 39.2 Å². The van der Waals surface area contributed by atoms with E-state index >= 15 is 0 Å². The van der Waals surface area contributed by atoms with Crippen LogP contribution in [0.2, 0.25) is 0 Å². The van der Waals surface area contributed by atoms with Crippen molar-refractivity contribution in [3.05, 3.63) is 58.3 Å². The zero-order chi connectivity index (χ0) is 18.4. The fraction of sp³-hybridized carbons (Fsp3) is 0.176. The minimum Gasteiger partial charge on any atom is -0.346 e. The van der Waals surface area contributed by atoms with Crippen LogP contribution in [-0.4, -0.2) is 35.2 Å². The van der Waals surface area contributed by atoms with Gasteiger partial charge in [-0.3, -0.25) is 19.4 Å². The summed E-state index contributed by atoms with van der Waals surface area (Å²) in [6, 6.07) is 9.21. The molecule has 0 bridgehead atoms. The van der Waals surface area contributed by atoms with Gasteiger partial charge < -0.3 is 16.4 Å². The summed E-state index contributed by atoms with van der Waals surface area (Å²) in [6.45, 7) is 1.28. The Labute approximate surface area is 153 Å². The first-order valence-corrected chi connectivity index (χ1v) is 8.26. The van der Waals surface area contributed by atoms with E-state index < -0.39 is 17.9 Å². The van der Waals surface area contributed by atoms with Crippen LogP contribution in [0.1, 0.15) is 23.0 Å². The molecule has 0 aliphatic rings. The van der Waals surface area contributed by atoms with Crippen LogP contribution < -0.4 is 16.4 Å². The quantitative estimate of drug-likeness (QED) is 0.630. The first-order chi connectivity index (χ1) is 11.9. The third-order valence-electron chi connectivity index (χ3n) is 3.23. The van der Waals surface area contributed by atoms with E-state index in [2.05, 4.69) is 31.5 Å². The number of hydrogen-bond acceptors (Lipinski definition) is 5. The lowest BCUT2D eigenvalue weighted by Crippen LogP contribution is -2.42. The maximum absolute atomic E-state index is 12.6. The van der Waals surface area contributed by atoms with Crippen LogP contribution in [0, 0.1) is 0 Å². The topological polar surface area (TPSA) is 114 Å². The number of nitrogens with zero attached hydrogens (tertiary/aromatic N) is 1. The number of nitrogens with one attached hydrogen (secondary N) is 2. The van der Waals surface area contributed by atoms with E-state index in [4.69, 9.17) is 5.73 Å². The van der Waals surface area contributed by atoms with Gasteiger partial charge in [-0.05, 0) is 37.3 Å². The largest absolute Gasteiger partial charge is 0.346 e. The Morgan fingerprint density at radius 2 is 2.00 bits per heavy atom. The number of hydrogen-bond donors (Lipinski definition) is 3. The number of rotatable bonds is 6. The summed E-state index contributed by atoms with van der Waals surface area (Å²) in [7, 11) is 0. The molecule has 0 spiro atoms. The maximum atomic E-state index is 12.6. The van der Waals surface area contributed by atoms with E-state index in [1.807, 2.05) is 0 Å². The number of amides is 2. The van der Waals surface area contributed by atoms with Crippen molar-refractivity contribution in [2.75, 3.05) is 11.9 Å². The van der Waals surface area contributed by atoms with Crippen molar-refractivity contribution in [1.29, 1.82) is 0 Å². The Kier molecular flexibility index (Phi) is 6.37. The molecule has 4 N–H and O–H groups in total. The van der Waals surface area contributed by atoms with Crippen molar-refractivity contribution < 1.29 is 14.4 Å². The van der Waals surface area contributed by atoms with E-state index in [1.165, 1.54) is 13.1 Å². The average Bonchev–Trinajstić information content (AvgIpc) is 2.61. The van der Waals surface area contributed by atoms with Gasteiger partial charge in [0.25, 0.3) is 0 Å². The van der Waals surface area contributed by atoms with E-state index in [0.717, 1.165) is 0 Å². The number of pyridine rings is 1. The van der Waals surface area contributed by atoms with Crippen LogP contribution >= 0.6 is 15.9 Å². The smallest absolute Gasteiger partial charge is 0.243 e. The maximum Gasteiger partial charge on any atom is 0.243 e. The third kappa shape index (κ3) is 5.20. The van der Waals surface area contributed by atoms with Crippen LogP contribution in [0.25, 0.3) is 0 Å². The van der Waals surface area contributed by atoms with E-state index in [0.29, 0.717) is 15.7 Å². The summed E-state index contributed by atoms with van der Waals surface area (Å²) >= 11 is 3.31. The van der Waals surface area contributed by atoms with Crippen LogP contribution in [0.4, 0.5) is 5.69 Å². The van der Waals surface area contributed by atoms with E-state index in [9.17, 15) is 14.4 Å². The lowest BCUT2D eigenvalue weighted by atomic mass is 10.1. The Bertz CT molecular complexity index is 794.